The van der Waals surface area contributed by atoms with Gasteiger partial charge in [-0.15, -0.1) is 46.2 Å². The van der Waals surface area contributed by atoms with E-state index in [0.717, 1.165) is 89.1 Å². The van der Waals surface area contributed by atoms with Crippen molar-refractivity contribution in [2.45, 2.75) is 109 Å². The first kappa shape index (κ1) is 94.1. The number of imidazole rings is 1. The summed E-state index contributed by atoms with van der Waals surface area (Å²) in [6, 6.07) is 30.2. The minimum absolute atomic E-state index is 0.102. The van der Waals surface area contributed by atoms with Crippen LogP contribution in [0.3, 0.4) is 0 Å². The van der Waals surface area contributed by atoms with Gasteiger partial charge in [-0.05, 0) is 192 Å². The number of pyridine rings is 1. The van der Waals surface area contributed by atoms with Crippen LogP contribution in [-0.4, -0.2) is 116 Å². The highest BCUT2D eigenvalue weighted by atomic mass is 79.9. The van der Waals surface area contributed by atoms with Crippen molar-refractivity contribution in [1.29, 1.82) is 0 Å². The topological polar surface area (TPSA) is 377 Å². The van der Waals surface area contributed by atoms with E-state index in [1.165, 1.54) is 58.0 Å². The molecule has 8 N–H and O–H groups in total. The first-order valence-electron chi connectivity index (χ1n) is 31.2. The molecular formula is C67H72BBr5Cl2F3N11O13S7. The standard InChI is InChI=1S/C13H20BNO4S.C12H11Cl2F2N3O.C11H12N2O2S2.C7H8BrNO2S.C7H6BrNO2S.C7H8BrNS.C6H3BrFNO2.C4H4BrNS/c1-12(2)13(3,4)19-14(18-12)9-6-7-10(15)11(8-9)20(5,16)17;13-6-5-7(14)17-11-9(6)18-12(10(15)16)19(11)8-3-1-2-4-20-8;1-7-6-16-11(13-7)8-3-4-9(12)10(5-8)17(2,14)15;1-12(10,11)7-4-5(8)2-3-6(7)9;1-12-7-4-5(8)2-3-6(7)9(10)11;1-10-7-4-5(8)2-3-6(7)9;7-4-1-2-6(9(10)11)5(8)3-4;1-3-2-7-4(5)6-3/h6-8H,15H2,1-5H3;5,8,10H,1-4H2;3-6H,12H2,1-2H3;2-4H,9H2,1H3;2-4H,1H3;2-4H,9H2,1H3;1-3H;2H,1H3. The van der Waals surface area contributed by atoms with Crippen LogP contribution in [0.25, 0.3) is 21.7 Å². The van der Waals surface area contributed by atoms with Gasteiger partial charge in [0.25, 0.3) is 12.1 Å². The maximum Gasteiger partial charge on any atom is 0.494 e. The summed E-state index contributed by atoms with van der Waals surface area (Å²) in [5, 5.41) is 25.6. The number of rotatable bonds is 11. The summed E-state index contributed by atoms with van der Waals surface area (Å²) in [6.07, 6.45) is 6.46. The molecule has 0 spiro atoms. The van der Waals surface area contributed by atoms with Crippen molar-refractivity contribution >= 4 is 236 Å². The Morgan fingerprint density at radius 3 is 1.52 bits per heavy atom. The summed E-state index contributed by atoms with van der Waals surface area (Å²) in [5.41, 5.74) is 26.7. The lowest BCUT2D eigenvalue weighted by Gasteiger charge is -2.32. The molecule has 24 nitrogen and oxygen atoms in total. The average Bonchev–Trinajstić information content (AvgIpc) is 1.63. The Morgan fingerprint density at radius 1 is 0.615 bits per heavy atom. The largest absolute Gasteiger partial charge is 0.494 e. The fourth-order valence-electron chi connectivity index (χ4n) is 9.12. The number of alkyl halides is 2. The van der Waals surface area contributed by atoms with E-state index in [1.54, 1.807) is 77.7 Å². The molecule has 109 heavy (non-hydrogen) atoms. The number of thioether (sulfide) groups is 2. The zero-order chi connectivity index (χ0) is 82.0. The molecule has 6 heterocycles. The van der Waals surface area contributed by atoms with Gasteiger partial charge in [0.05, 0.1) is 62.7 Å². The van der Waals surface area contributed by atoms with Gasteiger partial charge in [-0.1, -0.05) is 93.0 Å². The summed E-state index contributed by atoms with van der Waals surface area (Å²) < 4.78 is 131. The third kappa shape index (κ3) is 28.2. The molecule has 0 radical (unpaired) electrons. The van der Waals surface area contributed by atoms with E-state index in [2.05, 4.69) is 99.6 Å². The number of fused-ring (bicyclic) bond motifs is 1. The van der Waals surface area contributed by atoms with Crippen molar-refractivity contribution in [2.24, 2.45) is 0 Å². The molecule has 0 bridgehead atoms. The molecule has 2 fully saturated rings. The predicted octanol–water partition coefficient (Wildman–Crippen LogP) is 19.4. The van der Waals surface area contributed by atoms with Gasteiger partial charge in [0.1, 0.15) is 21.9 Å². The Bertz CT molecular complexity index is 5200. The third-order valence-electron chi connectivity index (χ3n) is 15.1. The Hall–Kier alpha value is -5.54. The summed E-state index contributed by atoms with van der Waals surface area (Å²) >= 11 is 34.0. The molecular weight excluding hydrogens is 1930 g/mol. The number of aromatic nitrogens is 5. The summed E-state index contributed by atoms with van der Waals surface area (Å²) in [7, 11) is -10.5. The number of thiazole rings is 2. The second-order valence-electron chi connectivity index (χ2n) is 24.0. The van der Waals surface area contributed by atoms with E-state index in [0.29, 0.717) is 32.3 Å². The fraction of sp³-hybridized carbons (Fsp3) is 0.284. The Balaban J connectivity index is 0.000000228. The summed E-state index contributed by atoms with van der Waals surface area (Å²) in [4.78, 5) is 38.0. The molecule has 42 heteroatoms. The van der Waals surface area contributed by atoms with Gasteiger partial charge < -0.3 is 37.0 Å². The number of benzene rings is 6. The summed E-state index contributed by atoms with van der Waals surface area (Å²) in [5.74, 6) is -1.21. The van der Waals surface area contributed by atoms with Crippen LogP contribution in [0.5, 0.6) is 0 Å². The molecule has 0 amide bonds. The SMILES string of the molecule is CC1(C)OB(c2ccc(N)c(S(C)(=O)=O)c2)OC1(C)C.CS(=O)(=O)c1cc(Br)ccc1N.CSc1cc(Br)ccc1N.CSc1cc(Br)ccc1[N+](=O)[O-].Cc1csc(-c2ccc(N)c(S(C)(=O)=O)c2)n1.Cc1csc(Br)n1.FC(F)c1nc2c(Cl)cc(Cl)nc2n1C1CCCCO1.O=[N+]([O-])c1ccc(Br)cc1F. The van der Waals surface area contributed by atoms with Gasteiger partial charge in [0, 0.05) is 93.7 Å². The predicted molar refractivity (Wildman–Crippen MR) is 451 cm³/mol. The van der Waals surface area contributed by atoms with Crippen LogP contribution in [0.1, 0.15) is 76.8 Å². The van der Waals surface area contributed by atoms with Gasteiger partial charge in [-0.3, -0.25) is 24.8 Å². The van der Waals surface area contributed by atoms with Crippen LogP contribution in [0.2, 0.25) is 10.2 Å². The highest BCUT2D eigenvalue weighted by Gasteiger charge is 2.52. The molecule has 1 atom stereocenters. The monoisotopic (exact) mass is 1990 g/mol. The van der Waals surface area contributed by atoms with Crippen molar-refractivity contribution in [1.82, 2.24) is 24.5 Å². The van der Waals surface area contributed by atoms with Gasteiger partial charge in [0.2, 0.25) is 5.82 Å². The highest BCUT2D eigenvalue weighted by Crippen LogP contribution is 2.39. The second kappa shape index (κ2) is 41.5. The highest BCUT2D eigenvalue weighted by molar-refractivity contribution is 9.11. The first-order chi connectivity index (χ1) is 50.6. The van der Waals surface area contributed by atoms with Crippen molar-refractivity contribution in [3.05, 3.63) is 201 Å². The number of halogens is 10. The van der Waals surface area contributed by atoms with E-state index in [-0.39, 0.29) is 69.5 Å². The maximum absolute atomic E-state index is 13.2. The minimum Gasteiger partial charge on any atom is -0.399 e. The molecule has 4 aromatic heterocycles. The van der Waals surface area contributed by atoms with E-state index >= 15 is 0 Å². The zero-order valence-electron chi connectivity index (χ0n) is 59.6. The van der Waals surface area contributed by atoms with E-state index < -0.39 is 76.9 Å². The van der Waals surface area contributed by atoms with E-state index in [4.69, 9.17) is 60.2 Å². The minimum atomic E-state index is -3.38. The number of hydrogen-bond donors (Lipinski definition) is 4. The lowest BCUT2D eigenvalue weighted by molar-refractivity contribution is -0.387. The number of ether oxygens (including phenoxy) is 1. The van der Waals surface area contributed by atoms with Crippen molar-refractivity contribution in [2.75, 3.05) is 60.8 Å². The van der Waals surface area contributed by atoms with Gasteiger partial charge in [-0.25, -0.2) is 54.0 Å². The lowest BCUT2D eigenvalue weighted by Crippen LogP contribution is -2.41. The lowest BCUT2D eigenvalue weighted by atomic mass is 9.79. The Kier molecular flexibility index (Phi) is 35.8. The van der Waals surface area contributed by atoms with Crippen LogP contribution < -0.4 is 28.4 Å². The number of aryl methyl sites for hydroxylation is 2. The second-order valence-corrected chi connectivity index (χ2v) is 39.1. The van der Waals surface area contributed by atoms with Crippen LogP contribution in [0, 0.1) is 39.9 Å². The number of anilines is 4. The van der Waals surface area contributed by atoms with Gasteiger partial charge in [0.15, 0.2) is 44.9 Å². The number of hydrogen-bond acceptors (Lipinski definition) is 25. The van der Waals surface area contributed by atoms with E-state index in [9.17, 15) is 58.7 Å². The molecule has 2 saturated heterocycles. The molecule has 0 saturated carbocycles. The van der Waals surface area contributed by atoms with Gasteiger partial charge in [-0.2, -0.15) is 4.39 Å². The molecule has 2 aliphatic heterocycles. The van der Waals surface area contributed by atoms with Crippen molar-refractivity contribution < 1.29 is 62.3 Å². The molecule has 10 aromatic rings. The average molecular weight is 2000 g/mol. The van der Waals surface area contributed by atoms with Gasteiger partial charge >= 0.3 is 12.8 Å². The number of nitro groups is 2. The molecule has 2 aliphatic rings. The van der Waals surface area contributed by atoms with Crippen LogP contribution in [0.15, 0.2) is 172 Å². The number of nitro benzene ring substituents is 2. The van der Waals surface area contributed by atoms with Crippen LogP contribution >= 0.6 is 149 Å². The number of sulfone groups is 3. The Labute approximate surface area is 698 Å². The zero-order valence-corrected chi connectivity index (χ0v) is 74.7. The van der Waals surface area contributed by atoms with Crippen molar-refractivity contribution in [3.63, 3.8) is 0 Å². The Morgan fingerprint density at radius 2 is 1.08 bits per heavy atom. The quantitative estimate of drug-likeness (QED) is 0.0233. The van der Waals surface area contributed by atoms with E-state index in [1.807, 2.05) is 83.0 Å². The summed E-state index contributed by atoms with van der Waals surface area (Å²) in [6.45, 7) is 12.2. The number of nitrogens with zero attached hydrogens (tertiary/aromatic N) is 7. The maximum atomic E-state index is 13.2. The molecule has 0 aliphatic carbocycles. The first-order valence-corrected chi connectivity index (χ1v) is 45.8. The molecule has 588 valence electrons. The smallest absolute Gasteiger partial charge is 0.399 e. The van der Waals surface area contributed by atoms with Crippen LogP contribution in [-0.2, 0) is 43.6 Å². The van der Waals surface area contributed by atoms with Crippen molar-refractivity contribution in [3.8, 4) is 10.6 Å². The molecule has 1 unspecified atom stereocenters. The number of nitrogens with two attached hydrogens (primary N) is 4. The van der Waals surface area contributed by atoms with Crippen LogP contribution in [0.4, 0.5) is 47.3 Å². The number of nitrogen functional groups attached to an aromatic ring is 4. The molecule has 12 rings (SSSR count). The fourth-order valence-corrected chi connectivity index (χ4v) is 17.0. The molecule has 6 aromatic carbocycles. The third-order valence-corrected chi connectivity index (χ3v) is 25.0. The normalized spacial score (nSPS) is 14.2.